The molecule has 1 unspecified atom stereocenters. The van der Waals surface area contributed by atoms with Gasteiger partial charge in [-0.3, -0.25) is 4.57 Å². The number of aliphatic hydroxyl groups is 3. The molecule has 3 rings (SSSR count). The topological polar surface area (TPSA) is 164 Å². The number of rotatable bonds is 7. The fourth-order valence-electron chi connectivity index (χ4n) is 2.75. The van der Waals surface area contributed by atoms with Gasteiger partial charge in [-0.1, -0.05) is 13.3 Å². The fourth-order valence-corrected chi connectivity index (χ4v) is 2.75. The van der Waals surface area contributed by atoms with E-state index in [9.17, 15) is 15.3 Å². The lowest BCUT2D eigenvalue weighted by molar-refractivity contribution is -0.0511. The Balaban J connectivity index is 1.87. The number of nitrogens with zero attached hydrogens (tertiary/aromatic N) is 5. The molecule has 0 aliphatic carbocycles. The Kier molecular flexibility index (Phi) is 5.61. The van der Waals surface area contributed by atoms with Gasteiger partial charge in [0.1, 0.15) is 23.8 Å². The standard InChI is InChI=1S/C15H23N7O4/c1-2-3-4-5-18-21-15-19-12(16)9-13(20-15)22(7-17-9)14-11(25)10(24)8(6-23)26-14/h5,7-8,10-11,14,23-25H,2-4,6H2,1H3,(H3,16,19,20,21)/b18-5+/t8-,10-,11-,14?/m1/s1. The molecule has 11 nitrogen and oxygen atoms in total. The third-order valence-electron chi connectivity index (χ3n) is 4.18. The Labute approximate surface area is 149 Å². The lowest BCUT2D eigenvalue weighted by atomic mass is 10.1. The highest BCUT2D eigenvalue weighted by atomic mass is 16.6. The van der Waals surface area contributed by atoms with Crippen LogP contribution in [0.2, 0.25) is 0 Å². The largest absolute Gasteiger partial charge is 0.394 e. The van der Waals surface area contributed by atoms with Crippen LogP contribution in [-0.2, 0) is 4.74 Å². The summed E-state index contributed by atoms with van der Waals surface area (Å²) in [6.07, 6.45) is 1.75. The summed E-state index contributed by atoms with van der Waals surface area (Å²) >= 11 is 0. The van der Waals surface area contributed by atoms with Crippen LogP contribution in [0.5, 0.6) is 0 Å². The van der Waals surface area contributed by atoms with E-state index in [1.165, 1.54) is 10.9 Å². The summed E-state index contributed by atoms with van der Waals surface area (Å²) in [5.74, 6) is 0.322. The van der Waals surface area contributed by atoms with Crippen LogP contribution in [-0.4, -0.2) is 66.0 Å². The molecule has 3 heterocycles. The molecular formula is C15H23N7O4. The van der Waals surface area contributed by atoms with E-state index in [0.29, 0.717) is 11.2 Å². The van der Waals surface area contributed by atoms with Crippen LogP contribution in [0.3, 0.4) is 0 Å². The van der Waals surface area contributed by atoms with Crippen molar-refractivity contribution in [2.45, 2.75) is 50.7 Å². The molecule has 0 saturated carbocycles. The van der Waals surface area contributed by atoms with E-state index in [1.807, 2.05) is 0 Å². The summed E-state index contributed by atoms with van der Waals surface area (Å²) in [7, 11) is 0. The molecule has 0 aromatic carbocycles. The molecule has 2 aromatic rings. The molecule has 2 aromatic heterocycles. The maximum Gasteiger partial charge on any atom is 0.247 e. The smallest absolute Gasteiger partial charge is 0.247 e. The molecule has 0 spiro atoms. The van der Waals surface area contributed by atoms with Crippen LogP contribution in [0.1, 0.15) is 32.4 Å². The molecule has 4 atom stereocenters. The molecule has 6 N–H and O–H groups in total. The summed E-state index contributed by atoms with van der Waals surface area (Å²) in [6.45, 7) is 1.68. The Morgan fingerprint density at radius 3 is 2.88 bits per heavy atom. The number of imidazole rings is 1. The molecule has 142 valence electrons. The first-order chi connectivity index (χ1) is 12.6. The van der Waals surface area contributed by atoms with Crippen LogP contribution in [0.15, 0.2) is 11.4 Å². The molecule has 1 aliphatic heterocycles. The Hall–Kier alpha value is -2.34. The average molecular weight is 365 g/mol. The number of hydrogen-bond acceptors (Lipinski definition) is 10. The van der Waals surface area contributed by atoms with Crippen LogP contribution in [0.4, 0.5) is 11.8 Å². The van der Waals surface area contributed by atoms with Gasteiger partial charge in [-0.15, -0.1) is 0 Å². The number of nitrogens with one attached hydrogen (secondary N) is 1. The molecule has 1 saturated heterocycles. The molecule has 0 amide bonds. The number of nitrogen functional groups attached to an aromatic ring is 1. The summed E-state index contributed by atoms with van der Waals surface area (Å²) in [5.41, 5.74) is 9.30. The van der Waals surface area contributed by atoms with Gasteiger partial charge in [0.05, 0.1) is 12.9 Å². The number of nitrogens with two attached hydrogens (primary N) is 1. The van der Waals surface area contributed by atoms with Crippen molar-refractivity contribution in [2.75, 3.05) is 17.8 Å². The van der Waals surface area contributed by atoms with E-state index in [2.05, 4.69) is 32.4 Å². The van der Waals surface area contributed by atoms with Crippen molar-refractivity contribution in [2.24, 2.45) is 5.10 Å². The molecule has 0 radical (unpaired) electrons. The quantitative estimate of drug-likeness (QED) is 0.249. The Bertz CT molecular complexity index is 781. The lowest BCUT2D eigenvalue weighted by Gasteiger charge is -2.16. The zero-order chi connectivity index (χ0) is 18.7. The second kappa shape index (κ2) is 7.91. The monoisotopic (exact) mass is 365 g/mol. The normalized spacial score (nSPS) is 26.2. The minimum atomic E-state index is -1.25. The van der Waals surface area contributed by atoms with E-state index in [1.54, 1.807) is 6.21 Å². The van der Waals surface area contributed by atoms with Gasteiger partial charge in [0, 0.05) is 6.21 Å². The number of ether oxygens (including phenoxy) is 1. The van der Waals surface area contributed by atoms with Gasteiger partial charge >= 0.3 is 0 Å². The first kappa shape index (κ1) is 18.5. The number of unbranched alkanes of at least 4 members (excludes halogenated alkanes) is 2. The van der Waals surface area contributed by atoms with Gasteiger partial charge in [-0.05, 0) is 12.8 Å². The zero-order valence-electron chi connectivity index (χ0n) is 14.4. The predicted molar refractivity (Wildman–Crippen MR) is 94.4 cm³/mol. The maximum absolute atomic E-state index is 10.2. The van der Waals surface area contributed by atoms with Crippen LogP contribution < -0.4 is 11.2 Å². The maximum atomic E-state index is 10.2. The molecule has 1 aliphatic rings. The molecular weight excluding hydrogens is 342 g/mol. The second-order valence-electron chi connectivity index (χ2n) is 6.05. The number of anilines is 2. The van der Waals surface area contributed by atoms with Gasteiger partial charge in [-0.25, -0.2) is 10.4 Å². The highest BCUT2D eigenvalue weighted by molar-refractivity contribution is 5.83. The summed E-state index contributed by atoms with van der Waals surface area (Å²) in [4.78, 5) is 12.6. The number of hydrazone groups is 1. The van der Waals surface area contributed by atoms with E-state index in [-0.39, 0.29) is 11.8 Å². The molecule has 26 heavy (non-hydrogen) atoms. The number of aromatic nitrogens is 4. The van der Waals surface area contributed by atoms with E-state index in [4.69, 9.17) is 10.5 Å². The van der Waals surface area contributed by atoms with Crippen LogP contribution in [0.25, 0.3) is 11.2 Å². The van der Waals surface area contributed by atoms with Crippen LogP contribution >= 0.6 is 0 Å². The Morgan fingerprint density at radius 2 is 2.19 bits per heavy atom. The second-order valence-corrected chi connectivity index (χ2v) is 6.05. The van der Waals surface area contributed by atoms with E-state index in [0.717, 1.165) is 19.3 Å². The van der Waals surface area contributed by atoms with E-state index < -0.39 is 31.1 Å². The molecule has 0 bridgehead atoms. The van der Waals surface area contributed by atoms with Crippen molar-refractivity contribution in [1.29, 1.82) is 0 Å². The minimum Gasteiger partial charge on any atom is -0.394 e. The van der Waals surface area contributed by atoms with Crippen molar-refractivity contribution in [1.82, 2.24) is 19.5 Å². The van der Waals surface area contributed by atoms with Crippen LogP contribution in [0, 0.1) is 0 Å². The molecule has 11 heteroatoms. The van der Waals surface area contributed by atoms with Crippen molar-refractivity contribution in [3.63, 3.8) is 0 Å². The fraction of sp³-hybridized carbons (Fsp3) is 0.600. The summed E-state index contributed by atoms with van der Waals surface area (Å²) in [5, 5.41) is 33.4. The third kappa shape index (κ3) is 3.46. The highest BCUT2D eigenvalue weighted by Crippen LogP contribution is 2.32. The third-order valence-corrected chi connectivity index (χ3v) is 4.18. The van der Waals surface area contributed by atoms with Gasteiger partial charge in [0.25, 0.3) is 0 Å². The average Bonchev–Trinajstić information content (AvgIpc) is 3.17. The number of hydrogen-bond donors (Lipinski definition) is 5. The zero-order valence-corrected chi connectivity index (χ0v) is 14.4. The van der Waals surface area contributed by atoms with Crippen molar-refractivity contribution in [3.05, 3.63) is 6.33 Å². The number of fused-ring (bicyclic) bond motifs is 1. The lowest BCUT2D eigenvalue weighted by Crippen LogP contribution is -2.33. The van der Waals surface area contributed by atoms with Gasteiger partial charge < -0.3 is 25.8 Å². The molecule has 1 fully saturated rings. The predicted octanol–water partition coefficient (Wildman–Crippen LogP) is -0.392. The number of aliphatic hydroxyl groups excluding tert-OH is 3. The minimum absolute atomic E-state index is 0.145. The van der Waals surface area contributed by atoms with Crippen molar-refractivity contribution < 1.29 is 20.1 Å². The summed E-state index contributed by atoms with van der Waals surface area (Å²) < 4.78 is 6.96. The first-order valence-electron chi connectivity index (χ1n) is 8.46. The highest BCUT2D eigenvalue weighted by Gasteiger charge is 2.44. The van der Waals surface area contributed by atoms with Gasteiger partial charge in [0.15, 0.2) is 17.7 Å². The first-order valence-corrected chi connectivity index (χ1v) is 8.46. The van der Waals surface area contributed by atoms with Gasteiger partial charge in [0.2, 0.25) is 5.95 Å². The summed E-state index contributed by atoms with van der Waals surface area (Å²) in [6, 6.07) is 0. The van der Waals surface area contributed by atoms with Gasteiger partial charge in [-0.2, -0.15) is 15.1 Å². The SMILES string of the molecule is CCCC/C=N/Nc1nc(N)c2ncn(C3O[C@H](CO)[C@@H](O)[C@H]3O)c2n1. The Morgan fingerprint density at radius 1 is 1.38 bits per heavy atom. The van der Waals surface area contributed by atoms with Crippen molar-refractivity contribution >= 4 is 29.1 Å². The van der Waals surface area contributed by atoms with Crippen molar-refractivity contribution in [3.8, 4) is 0 Å². The van der Waals surface area contributed by atoms with E-state index >= 15 is 0 Å².